The highest BCUT2D eigenvalue weighted by Crippen LogP contribution is 2.21. The lowest BCUT2D eigenvalue weighted by atomic mass is 10.1. The molecule has 0 aromatic heterocycles. The summed E-state index contributed by atoms with van der Waals surface area (Å²) < 4.78 is 5.45. The van der Waals surface area contributed by atoms with Gasteiger partial charge in [0, 0.05) is 58.4 Å². The van der Waals surface area contributed by atoms with Gasteiger partial charge in [0.2, 0.25) is 5.91 Å². The topological polar surface area (TPSA) is 57.2 Å². The number of nitrogens with one attached hydrogen (secondary N) is 1. The predicted octanol–water partition coefficient (Wildman–Crippen LogP) is 1.86. The molecule has 6 nitrogen and oxygen atoms in total. The second kappa shape index (κ2) is 8.34. The van der Waals surface area contributed by atoms with E-state index in [1.54, 1.807) is 0 Å². The Balaban J connectivity index is 1.52. The normalized spacial score (nSPS) is 21.0. The number of hydrogen-bond donors (Lipinski definition) is 1. The highest BCUT2D eigenvalue weighted by atomic mass is 16.5. The molecule has 0 radical (unpaired) electrons. The quantitative estimate of drug-likeness (QED) is 0.654. The summed E-state index contributed by atoms with van der Waals surface area (Å²) in [7, 11) is 3.88. The largest absolute Gasteiger partial charge is 0.381 e. The number of carbonyl (C=O) groups excluding carboxylic acids is 1. The molecule has 6 heteroatoms. The lowest BCUT2D eigenvalue weighted by Gasteiger charge is -2.24. The molecule has 1 atom stereocenters. The van der Waals surface area contributed by atoms with Crippen LogP contribution in [0.15, 0.2) is 29.3 Å². The zero-order valence-corrected chi connectivity index (χ0v) is 15.2. The molecule has 1 aromatic carbocycles. The molecule has 25 heavy (non-hydrogen) atoms. The zero-order chi connectivity index (χ0) is 17.6. The van der Waals surface area contributed by atoms with Crippen LogP contribution in [0, 0.1) is 5.92 Å². The third-order valence-electron chi connectivity index (χ3n) is 4.90. The van der Waals surface area contributed by atoms with Crippen molar-refractivity contribution >= 4 is 17.6 Å². The van der Waals surface area contributed by atoms with Crippen molar-refractivity contribution in [1.29, 1.82) is 0 Å². The van der Waals surface area contributed by atoms with Crippen molar-refractivity contribution in [2.75, 3.05) is 45.3 Å². The second-order valence-electron chi connectivity index (χ2n) is 6.83. The van der Waals surface area contributed by atoms with Crippen LogP contribution < -0.4 is 10.2 Å². The molecule has 2 aliphatic heterocycles. The molecule has 1 amide bonds. The number of amides is 1. The van der Waals surface area contributed by atoms with Crippen molar-refractivity contribution < 1.29 is 9.53 Å². The zero-order valence-electron chi connectivity index (χ0n) is 15.2. The first-order valence-electron chi connectivity index (χ1n) is 9.06. The van der Waals surface area contributed by atoms with Crippen molar-refractivity contribution in [3.63, 3.8) is 0 Å². The first-order valence-corrected chi connectivity index (χ1v) is 9.06. The summed E-state index contributed by atoms with van der Waals surface area (Å²) in [5.74, 6) is 1.70. The third-order valence-corrected chi connectivity index (χ3v) is 4.90. The van der Waals surface area contributed by atoms with Gasteiger partial charge in [0.05, 0.1) is 6.61 Å². The van der Waals surface area contributed by atoms with Crippen LogP contribution in [0.3, 0.4) is 0 Å². The van der Waals surface area contributed by atoms with E-state index in [0.717, 1.165) is 50.8 Å². The van der Waals surface area contributed by atoms with Crippen LogP contribution >= 0.6 is 0 Å². The predicted molar refractivity (Wildman–Crippen MR) is 99.8 cm³/mol. The van der Waals surface area contributed by atoms with E-state index in [4.69, 9.17) is 4.74 Å². The third kappa shape index (κ3) is 4.51. The number of benzene rings is 1. The first kappa shape index (κ1) is 17.7. The Labute approximate surface area is 149 Å². The van der Waals surface area contributed by atoms with Crippen molar-refractivity contribution in [2.24, 2.45) is 10.9 Å². The van der Waals surface area contributed by atoms with Crippen LogP contribution in [-0.4, -0.2) is 57.2 Å². The fourth-order valence-electron chi connectivity index (χ4n) is 3.48. The number of carbonyl (C=O) groups is 1. The van der Waals surface area contributed by atoms with Crippen LogP contribution in [0.2, 0.25) is 0 Å². The van der Waals surface area contributed by atoms with Crippen LogP contribution in [0.1, 0.15) is 24.8 Å². The van der Waals surface area contributed by atoms with Gasteiger partial charge in [-0.25, -0.2) is 0 Å². The first-order chi connectivity index (χ1) is 12.2. The van der Waals surface area contributed by atoms with Crippen molar-refractivity contribution in [3.8, 4) is 0 Å². The van der Waals surface area contributed by atoms with Gasteiger partial charge in [-0.15, -0.1) is 0 Å². The van der Waals surface area contributed by atoms with E-state index in [-0.39, 0.29) is 5.91 Å². The van der Waals surface area contributed by atoms with Crippen molar-refractivity contribution in [1.82, 2.24) is 10.2 Å². The Hall–Kier alpha value is -2.08. The molecular formula is C19H28N4O2. The molecule has 136 valence electrons. The molecule has 2 heterocycles. The summed E-state index contributed by atoms with van der Waals surface area (Å²) >= 11 is 0. The van der Waals surface area contributed by atoms with Crippen molar-refractivity contribution in [2.45, 2.75) is 25.8 Å². The van der Waals surface area contributed by atoms with Gasteiger partial charge in [-0.05, 0) is 30.5 Å². The molecule has 2 fully saturated rings. The fourth-order valence-corrected chi connectivity index (χ4v) is 3.48. The molecule has 0 bridgehead atoms. The maximum atomic E-state index is 11.8. The van der Waals surface area contributed by atoms with E-state index in [9.17, 15) is 4.79 Å². The van der Waals surface area contributed by atoms with E-state index < -0.39 is 0 Å². The molecule has 1 unspecified atom stereocenters. The van der Waals surface area contributed by atoms with E-state index in [1.165, 1.54) is 5.56 Å². The summed E-state index contributed by atoms with van der Waals surface area (Å²) in [6.45, 7) is 4.22. The van der Waals surface area contributed by atoms with Gasteiger partial charge < -0.3 is 19.9 Å². The molecule has 2 aliphatic rings. The average Bonchev–Trinajstić information content (AvgIpc) is 3.28. The van der Waals surface area contributed by atoms with Gasteiger partial charge >= 0.3 is 0 Å². The Morgan fingerprint density at radius 3 is 2.80 bits per heavy atom. The summed E-state index contributed by atoms with van der Waals surface area (Å²) in [4.78, 5) is 20.2. The number of ether oxygens (including phenoxy) is 1. The highest BCUT2D eigenvalue weighted by Gasteiger charge is 2.21. The standard InChI is InChI=1S/C19H28N4O2/c1-20-19(22(2)13-16-9-11-25-14-16)21-12-15-5-7-17(8-6-15)23-10-3-4-18(23)24/h5-8,16H,3-4,9-14H2,1-2H3,(H,20,21). The van der Waals surface area contributed by atoms with Gasteiger partial charge in [0.25, 0.3) is 0 Å². The minimum absolute atomic E-state index is 0.226. The van der Waals surface area contributed by atoms with Crippen molar-refractivity contribution in [3.05, 3.63) is 29.8 Å². The minimum atomic E-state index is 0.226. The molecule has 1 aromatic rings. The number of guanidine groups is 1. The Bertz CT molecular complexity index is 608. The Morgan fingerprint density at radius 1 is 1.40 bits per heavy atom. The lowest BCUT2D eigenvalue weighted by molar-refractivity contribution is -0.117. The maximum absolute atomic E-state index is 11.8. The molecule has 0 saturated carbocycles. The number of anilines is 1. The van der Waals surface area contributed by atoms with Crippen LogP contribution in [0.25, 0.3) is 0 Å². The SMILES string of the molecule is CN=C(NCc1ccc(N2CCCC2=O)cc1)N(C)CC1CCOC1. The number of rotatable bonds is 5. The second-order valence-corrected chi connectivity index (χ2v) is 6.83. The average molecular weight is 344 g/mol. The van der Waals surface area contributed by atoms with E-state index >= 15 is 0 Å². The summed E-state index contributed by atoms with van der Waals surface area (Å²) in [5.41, 5.74) is 2.17. The Kier molecular flexibility index (Phi) is 5.91. The molecule has 0 aliphatic carbocycles. The number of hydrogen-bond acceptors (Lipinski definition) is 3. The Morgan fingerprint density at radius 2 is 2.20 bits per heavy atom. The van der Waals surface area contributed by atoms with Crippen LogP contribution in [-0.2, 0) is 16.1 Å². The van der Waals surface area contributed by atoms with Gasteiger partial charge in [0.15, 0.2) is 5.96 Å². The smallest absolute Gasteiger partial charge is 0.227 e. The number of aliphatic imine (C=N–C) groups is 1. The van der Waals surface area contributed by atoms with Gasteiger partial charge in [-0.2, -0.15) is 0 Å². The van der Waals surface area contributed by atoms with Gasteiger partial charge in [-0.1, -0.05) is 12.1 Å². The molecule has 1 N–H and O–H groups in total. The van der Waals surface area contributed by atoms with E-state index in [2.05, 4.69) is 34.4 Å². The fraction of sp³-hybridized carbons (Fsp3) is 0.579. The summed E-state index contributed by atoms with van der Waals surface area (Å²) in [6, 6.07) is 8.21. The van der Waals surface area contributed by atoms with Crippen LogP contribution in [0.5, 0.6) is 0 Å². The molecule has 3 rings (SSSR count). The maximum Gasteiger partial charge on any atom is 0.227 e. The number of nitrogens with zero attached hydrogens (tertiary/aromatic N) is 3. The molecule has 2 saturated heterocycles. The highest BCUT2D eigenvalue weighted by molar-refractivity contribution is 5.95. The van der Waals surface area contributed by atoms with Crippen LogP contribution in [0.4, 0.5) is 5.69 Å². The van der Waals surface area contributed by atoms with E-state index in [1.807, 2.05) is 24.1 Å². The summed E-state index contributed by atoms with van der Waals surface area (Å²) in [6.07, 6.45) is 2.74. The summed E-state index contributed by atoms with van der Waals surface area (Å²) in [5, 5.41) is 3.41. The monoisotopic (exact) mass is 344 g/mol. The van der Waals surface area contributed by atoms with Gasteiger partial charge in [0.1, 0.15) is 0 Å². The van der Waals surface area contributed by atoms with Gasteiger partial charge in [-0.3, -0.25) is 9.79 Å². The molecular weight excluding hydrogens is 316 g/mol. The molecule has 0 spiro atoms. The minimum Gasteiger partial charge on any atom is -0.381 e. The van der Waals surface area contributed by atoms with E-state index in [0.29, 0.717) is 18.9 Å². The lowest BCUT2D eigenvalue weighted by Crippen LogP contribution is -2.41.